The monoisotopic (exact) mass is 158 g/mol. The van der Waals surface area contributed by atoms with Gasteiger partial charge in [0.15, 0.2) is 0 Å². The van der Waals surface area contributed by atoms with Crippen molar-refractivity contribution in [3.8, 4) is 6.07 Å². The Bertz CT molecular complexity index is 463. The molecule has 12 heavy (non-hydrogen) atoms. The van der Waals surface area contributed by atoms with Crippen molar-refractivity contribution >= 4 is 11.5 Å². The Labute approximate surface area is 68.9 Å². The lowest BCUT2D eigenvalue weighted by molar-refractivity contribution is 1.18. The van der Waals surface area contributed by atoms with Gasteiger partial charge >= 0.3 is 0 Å². The van der Waals surface area contributed by atoms with Crippen LogP contribution in [0.1, 0.15) is 5.56 Å². The highest BCUT2D eigenvalue weighted by atomic mass is 15.0. The fourth-order valence-corrected chi connectivity index (χ4v) is 1.07. The number of hydrogen-bond acceptors (Lipinski definition) is 3. The number of anilines is 1. The number of nitrogens with two attached hydrogens (primary N) is 1. The highest BCUT2D eigenvalue weighted by Gasteiger charge is 1.97. The van der Waals surface area contributed by atoms with Crippen molar-refractivity contribution < 1.29 is 0 Å². The van der Waals surface area contributed by atoms with E-state index in [1.807, 2.05) is 6.07 Å². The van der Waals surface area contributed by atoms with Crippen LogP contribution in [0.2, 0.25) is 0 Å². The van der Waals surface area contributed by atoms with Gasteiger partial charge in [0.2, 0.25) is 0 Å². The second-order valence-electron chi connectivity index (χ2n) is 2.46. The molecule has 2 aromatic heterocycles. The Morgan fingerprint density at radius 3 is 3.17 bits per heavy atom. The predicted molar refractivity (Wildman–Crippen MR) is 44.3 cm³/mol. The third kappa shape index (κ3) is 0.883. The van der Waals surface area contributed by atoms with E-state index in [-0.39, 0.29) is 0 Å². The number of rotatable bonds is 0. The first kappa shape index (κ1) is 6.68. The number of fused-ring (bicyclic) bond motifs is 1. The maximum absolute atomic E-state index is 8.59. The minimum absolute atomic E-state index is 0.463. The van der Waals surface area contributed by atoms with Crippen molar-refractivity contribution in [2.24, 2.45) is 0 Å². The van der Waals surface area contributed by atoms with Crippen LogP contribution in [0.4, 0.5) is 5.82 Å². The summed E-state index contributed by atoms with van der Waals surface area (Å²) in [6.45, 7) is 0. The minimum atomic E-state index is 0.463. The lowest BCUT2D eigenvalue weighted by Crippen LogP contribution is -1.82. The SMILES string of the molecule is N#Cc1ccn2cc(N)nc2c1. The summed E-state index contributed by atoms with van der Waals surface area (Å²) in [5, 5.41) is 8.59. The first-order chi connectivity index (χ1) is 5.79. The van der Waals surface area contributed by atoms with Crippen LogP contribution in [0.25, 0.3) is 5.65 Å². The van der Waals surface area contributed by atoms with E-state index in [9.17, 15) is 0 Å². The molecule has 0 radical (unpaired) electrons. The molecule has 0 atom stereocenters. The lowest BCUT2D eigenvalue weighted by atomic mass is 10.3. The third-order valence-corrected chi connectivity index (χ3v) is 1.61. The summed E-state index contributed by atoms with van der Waals surface area (Å²) < 4.78 is 1.77. The average Bonchev–Trinajstić information content (AvgIpc) is 2.43. The smallest absolute Gasteiger partial charge is 0.142 e. The number of hydrogen-bond donors (Lipinski definition) is 1. The minimum Gasteiger partial charge on any atom is -0.382 e. The van der Waals surface area contributed by atoms with Gasteiger partial charge < -0.3 is 10.1 Å². The highest BCUT2D eigenvalue weighted by molar-refractivity contribution is 5.50. The molecule has 0 aliphatic rings. The maximum atomic E-state index is 8.59. The van der Waals surface area contributed by atoms with Gasteiger partial charge in [0.1, 0.15) is 11.5 Å². The van der Waals surface area contributed by atoms with Gasteiger partial charge in [0.25, 0.3) is 0 Å². The molecule has 58 valence electrons. The third-order valence-electron chi connectivity index (χ3n) is 1.61. The normalized spacial score (nSPS) is 9.92. The summed E-state index contributed by atoms with van der Waals surface area (Å²) in [5.74, 6) is 0.463. The zero-order valence-electron chi connectivity index (χ0n) is 6.23. The summed E-state index contributed by atoms with van der Waals surface area (Å²) >= 11 is 0. The van der Waals surface area contributed by atoms with Gasteiger partial charge in [-0.2, -0.15) is 5.26 Å². The van der Waals surface area contributed by atoms with Gasteiger partial charge in [-0.3, -0.25) is 0 Å². The van der Waals surface area contributed by atoms with Crippen LogP contribution in [-0.4, -0.2) is 9.38 Å². The number of nitriles is 1. The molecule has 4 nitrogen and oxygen atoms in total. The molecule has 0 spiro atoms. The molecule has 2 heterocycles. The topological polar surface area (TPSA) is 67.1 Å². The molecule has 0 aliphatic carbocycles. The Morgan fingerprint density at radius 1 is 1.58 bits per heavy atom. The molecule has 0 bridgehead atoms. The van der Waals surface area contributed by atoms with E-state index in [2.05, 4.69) is 4.98 Å². The van der Waals surface area contributed by atoms with Crippen LogP contribution in [0.5, 0.6) is 0 Å². The van der Waals surface area contributed by atoms with Gasteiger partial charge in [-0.25, -0.2) is 4.98 Å². The van der Waals surface area contributed by atoms with Crippen LogP contribution >= 0.6 is 0 Å². The number of imidazole rings is 1. The van der Waals surface area contributed by atoms with Crippen molar-refractivity contribution in [1.82, 2.24) is 9.38 Å². The maximum Gasteiger partial charge on any atom is 0.142 e. The molecule has 0 fully saturated rings. The van der Waals surface area contributed by atoms with Crippen LogP contribution in [-0.2, 0) is 0 Å². The van der Waals surface area contributed by atoms with Crippen molar-refractivity contribution in [1.29, 1.82) is 5.26 Å². The summed E-state index contributed by atoms with van der Waals surface area (Å²) in [4.78, 5) is 4.01. The predicted octanol–water partition coefficient (Wildman–Crippen LogP) is 0.788. The van der Waals surface area contributed by atoms with Gasteiger partial charge in [-0.05, 0) is 12.1 Å². The van der Waals surface area contributed by atoms with Gasteiger partial charge in [0.05, 0.1) is 17.8 Å². The number of nitrogen functional groups attached to an aromatic ring is 1. The van der Waals surface area contributed by atoms with Crippen LogP contribution in [0.15, 0.2) is 24.5 Å². The molecular weight excluding hydrogens is 152 g/mol. The van der Waals surface area contributed by atoms with Crippen LogP contribution in [0.3, 0.4) is 0 Å². The number of pyridine rings is 1. The Hall–Kier alpha value is -2.02. The summed E-state index contributed by atoms with van der Waals surface area (Å²) in [6, 6.07) is 5.44. The van der Waals surface area contributed by atoms with Gasteiger partial charge in [0, 0.05) is 6.20 Å². The molecular formula is C8H6N4. The van der Waals surface area contributed by atoms with Crippen molar-refractivity contribution in [3.63, 3.8) is 0 Å². The van der Waals surface area contributed by atoms with E-state index >= 15 is 0 Å². The molecule has 0 unspecified atom stereocenters. The Morgan fingerprint density at radius 2 is 2.42 bits per heavy atom. The van der Waals surface area contributed by atoms with E-state index in [4.69, 9.17) is 11.0 Å². The summed E-state index contributed by atoms with van der Waals surface area (Å²) in [5.41, 5.74) is 6.76. The quantitative estimate of drug-likeness (QED) is 0.616. The summed E-state index contributed by atoms with van der Waals surface area (Å²) in [7, 11) is 0. The Kier molecular flexibility index (Phi) is 1.25. The molecule has 2 aromatic rings. The first-order valence-corrected chi connectivity index (χ1v) is 3.44. The second-order valence-corrected chi connectivity index (χ2v) is 2.46. The van der Waals surface area contributed by atoms with Crippen LogP contribution < -0.4 is 5.73 Å². The molecule has 4 heteroatoms. The van der Waals surface area contributed by atoms with E-state index in [0.29, 0.717) is 17.0 Å². The standard InChI is InChI=1S/C8H6N4/c9-4-6-1-2-12-5-7(10)11-8(12)3-6/h1-3,5H,10H2. The molecule has 0 aromatic carbocycles. The molecule has 0 saturated carbocycles. The molecule has 2 rings (SSSR count). The number of aromatic nitrogens is 2. The van der Waals surface area contributed by atoms with Gasteiger partial charge in [-0.1, -0.05) is 0 Å². The molecule has 0 saturated heterocycles. The second kappa shape index (κ2) is 2.24. The fourth-order valence-electron chi connectivity index (χ4n) is 1.07. The molecule has 0 amide bonds. The van der Waals surface area contributed by atoms with E-state index in [0.717, 1.165) is 0 Å². The fraction of sp³-hybridized carbons (Fsp3) is 0. The van der Waals surface area contributed by atoms with Crippen molar-refractivity contribution in [2.75, 3.05) is 5.73 Å². The van der Waals surface area contributed by atoms with Crippen molar-refractivity contribution in [3.05, 3.63) is 30.1 Å². The first-order valence-electron chi connectivity index (χ1n) is 3.44. The zero-order chi connectivity index (χ0) is 8.55. The van der Waals surface area contributed by atoms with Gasteiger partial charge in [-0.15, -0.1) is 0 Å². The molecule has 2 N–H and O–H groups in total. The van der Waals surface area contributed by atoms with E-state index in [1.54, 1.807) is 28.9 Å². The summed E-state index contributed by atoms with van der Waals surface area (Å²) in [6.07, 6.45) is 3.47. The number of nitrogens with zero attached hydrogens (tertiary/aromatic N) is 3. The molecule has 0 aliphatic heterocycles. The average molecular weight is 158 g/mol. The van der Waals surface area contributed by atoms with E-state index < -0.39 is 0 Å². The van der Waals surface area contributed by atoms with E-state index in [1.165, 1.54) is 0 Å². The highest BCUT2D eigenvalue weighted by Crippen LogP contribution is 2.07. The largest absolute Gasteiger partial charge is 0.382 e. The lowest BCUT2D eigenvalue weighted by Gasteiger charge is -1.90. The Balaban J connectivity index is 2.77. The van der Waals surface area contributed by atoms with Crippen molar-refractivity contribution in [2.45, 2.75) is 0 Å². The van der Waals surface area contributed by atoms with Crippen LogP contribution in [0, 0.1) is 11.3 Å². The zero-order valence-corrected chi connectivity index (χ0v) is 6.23.